The summed E-state index contributed by atoms with van der Waals surface area (Å²) in [5.41, 5.74) is 1.78. The van der Waals surface area contributed by atoms with Gasteiger partial charge in [0.2, 0.25) is 5.90 Å². The van der Waals surface area contributed by atoms with Crippen LogP contribution in [0.3, 0.4) is 0 Å². The van der Waals surface area contributed by atoms with E-state index in [1.165, 1.54) is 0 Å². The minimum absolute atomic E-state index is 0.145. The van der Waals surface area contributed by atoms with Crippen LogP contribution in [0.15, 0.2) is 54.6 Å². The van der Waals surface area contributed by atoms with E-state index in [1.807, 2.05) is 61.5 Å². The Morgan fingerprint density at radius 2 is 1.68 bits per heavy atom. The molecule has 0 saturated carbocycles. The second kappa shape index (κ2) is 6.59. The average molecular weight is 255 g/mol. The zero-order valence-electron chi connectivity index (χ0n) is 10.9. The molecule has 98 valence electrons. The van der Waals surface area contributed by atoms with Gasteiger partial charge in [0.15, 0.2) is 0 Å². The molecular formula is C16H17NO2. The second-order valence-corrected chi connectivity index (χ2v) is 4.03. The Morgan fingerprint density at radius 3 is 2.42 bits per heavy atom. The Morgan fingerprint density at radius 1 is 1.00 bits per heavy atom. The first-order valence-corrected chi connectivity index (χ1v) is 6.28. The molecule has 0 amide bonds. The van der Waals surface area contributed by atoms with Crippen molar-refractivity contribution < 1.29 is 9.47 Å². The normalized spacial score (nSPS) is 9.95. The van der Waals surface area contributed by atoms with Crippen LogP contribution in [-0.4, -0.2) is 12.5 Å². The highest BCUT2D eigenvalue weighted by molar-refractivity contribution is 5.94. The van der Waals surface area contributed by atoms with Crippen LogP contribution in [0.1, 0.15) is 18.1 Å². The van der Waals surface area contributed by atoms with Gasteiger partial charge < -0.3 is 9.47 Å². The fourth-order valence-corrected chi connectivity index (χ4v) is 1.74. The van der Waals surface area contributed by atoms with E-state index in [4.69, 9.17) is 14.9 Å². The van der Waals surface area contributed by atoms with Crippen molar-refractivity contribution in [3.05, 3.63) is 65.7 Å². The first-order valence-electron chi connectivity index (χ1n) is 6.28. The van der Waals surface area contributed by atoms with E-state index >= 15 is 0 Å². The Labute approximate surface area is 113 Å². The number of hydrogen-bond acceptors (Lipinski definition) is 3. The van der Waals surface area contributed by atoms with Crippen LogP contribution in [-0.2, 0) is 11.3 Å². The molecule has 2 rings (SSSR count). The topological polar surface area (TPSA) is 42.3 Å². The Balaban J connectivity index is 2.10. The fourth-order valence-electron chi connectivity index (χ4n) is 1.74. The van der Waals surface area contributed by atoms with Crippen molar-refractivity contribution in [1.29, 1.82) is 5.41 Å². The summed E-state index contributed by atoms with van der Waals surface area (Å²) in [7, 11) is 0. The van der Waals surface area contributed by atoms with Crippen LogP contribution in [0.2, 0.25) is 0 Å². The molecule has 0 bridgehead atoms. The molecule has 3 heteroatoms. The number of rotatable bonds is 5. The van der Waals surface area contributed by atoms with E-state index < -0.39 is 0 Å². The van der Waals surface area contributed by atoms with Gasteiger partial charge in [0, 0.05) is 0 Å². The number of para-hydroxylation sites is 1. The van der Waals surface area contributed by atoms with Gasteiger partial charge in [-0.15, -0.1) is 0 Å². The quantitative estimate of drug-likeness (QED) is 0.655. The van der Waals surface area contributed by atoms with E-state index in [0.29, 0.717) is 24.5 Å². The molecule has 0 aliphatic heterocycles. The molecule has 0 radical (unpaired) electrons. The molecule has 3 nitrogen and oxygen atoms in total. The minimum atomic E-state index is 0.145. The Bertz CT molecular complexity index is 537. The molecule has 1 N–H and O–H groups in total. The SMILES string of the molecule is CCOC(=N)c1ccccc1OCc1ccccc1. The molecule has 19 heavy (non-hydrogen) atoms. The van der Waals surface area contributed by atoms with Crippen molar-refractivity contribution in [2.45, 2.75) is 13.5 Å². The van der Waals surface area contributed by atoms with Crippen molar-refractivity contribution in [2.24, 2.45) is 0 Å². The number of hydrogen-bond donors (Lipinski definition) is 1. The van der Waals surface area contributed by atoms with Crippen LogP contribution in [0.5, 0.6) is 5.75 Å². The molecule has 0 aliphatic rings. The molecule has 0 unspecified atom stereocenters. The summed E-state index contributed by atoms with van der Waals surface area (Å²) < 4.78 is 11.0. The molecule has 0 spiro atoms. The van der Waals surface area contributed by atoms with Gasteiger partial charge in [0.25, 0.3) is 0 Å². The highest BCUT2D eigenvalue weighted by Crippen LogP contribution is 2.20. The Hall–Kier alpha value is -2.29. The van der Waals surface area contributed by atoms with Crippen LogP contribution >= 0.6 is 0 Å². The summed E-state index contributed by atoms with van der Waals surface area (Å²) in [6, 6.07) is 17.4. The predicted octanol–water partition coefficient (Wildman–Crippen LogP) is 3.63. The monoisotopic (exact) mass is 255 g/mol. The molecule has 0 atom stereocenters. The van der Waals surface area contributed by atoms with Crippen LogP contribution in [0, 0.1) is 5.41 Å². The van der Waals surface area contributed by atoms with E-state index in [0.717, 1.165) is 5.56 Å². The van der Waals surface area contributed by atoms with Crippen LogP contribution < -0.4 is 4.74 Å². The molecule has 0 aromatic heterocycles. The lowest BCUT2D eigenvalue weighted by Crippen LogP contribution is -2.07. The second-order valence-electron chi connectivity index (χ2n) is 4.03. The van der Waals surface area contributed by atoms with E-state index in [2.05, 4.69) is 0 Å². The lowest BCUT2D eigenvalue weighted by atomic mass is 10.2. The fraction of sp³-hybridized carbons (Fsp3) is 0.188. The van der Waals surface area contributed by atoms with Gasteiger partial charge in [-0.2, -0.15) is 0 Å². The van der Waals surface area contributed by atoms with Crippen molar-refractivity contribution in [3.8, 4) is 5.75 Å². The molecule has 0 fully saturated rings. The van der Waals surface area contributed by atoms with E-state index in [1.54, 1.807) is 0 Å². The third kappa shape index (κ3) is 3.58. The van der Waals surface area contributed by atoms with Crippen molar-refractivity contribution in [2.75, 3.05) is 6.61 Å². The zero-order valence-corrected chi connectivity index (χ0v) is 10.9. The molecule has 0 heterocycles. The highest BCUT2D eigenvalue weighted by Gasteiger charge is 2.09. The molecule has 2 aromatic rings. The molecular weight excluding hydrogens is 238 g/mol. The maximum absolute atomic E-state index is 7.85. The van der Waals surface area contributed by atoms with Gasteiger partial charge in [-0.3, -0.25) is 5.41 Å². The van der Waals surface area contributed by atoms with Crippen molar-refractivity contribution >= 4 is 5.90 Å². The highest BCUT2D eigenvalue weighted by atomic mass is 16.5. The summed E-state index contributed by atoms with van der Waals surface area (Å²) in [4.78, 5) is 0. The zero-order chi connectivity index (χ0) is 13.5. The smallest absolute Gasteiger partial charge is 0.217 e. The minimum Gasteiger partial charge on any atom is -0.488 e. The van der Waals surface area contributed by atoms with E-state index in [-0.39, 0.29) is 5.90 Å². The average Bonchev–Trinajstić information content (AvgIpc) is 2.47. The first-order chi connectivity index (χ1) is 9.31. The van der Waals surface area contributed by atoms with Gasteiger partial charge in [-0.1, -0.05) is 42.5 Å². The predicted molar refractivity (Wildman–Crippen MR) is 75.7 cm³/mol. The molecule has 2 aromatic carbocycles. The summed E-state index contributed by atoms with van der Waals surface area (Å²) in [6.07, 6.45) is 0. The van der Waals surface area contributed by atoms with Crippen LogP contribution in [0.25, 0.3) is 0 Å². The van der Waals surface area contributed by atoms with Crippen molar-refractivity contribution in [1.82, 2.24) is 0 Å². The molecule has 0 aliphatic carbocycles. The van der Waals surface area contributed by atoms with Gasteiger partial charge >= 0.3 is 0 Å². The first kappa shape index (κ1) is 13.1. The van der Waals surface area contributed by atoms with Gasteiger partial charge in [0.1, 0.15) is 12.4 Å². The Kier molecular flexibility index (Phi) is 4.56. The summed E-state index contributed by atoms with van der Waals surface area (Å²) in [6.45, 7) is 2.82. The summed E-state index contributed by atoms with van der Waals surface area (Å²) in [5.74, 6) is 0.816. The van der Waals surface area contributed by atoms with Crippen LogP contribution in [0.4, 0.5) is 0 Å². The van der Waals surface area contributed by atoms with Gasteiger partial charge in [0.05, 0.1) is 12.2 Å². The summed E-state index contributed by atoms with van der Waals surface area (Å²) in [5, 5.41) is 7.85. The van der Waals surface area contributed by atoms with E-state index in [9.17, 15) is 0 Å². The molecule has 0 saturated heterocycles. The van der Waals surface area contributed by atoms with Gasteiger partial charge in [-0.05, 0) is 24.6 Å². The third-order valence-corrected chi connectivity index (χ3v) is 2.66. The number of ether oxygens (including phenoxy) is 2. The third-order valence-electron chi connectivity index (χ3n) is 2.66. The summed E-state index contributed by atoms with van der Waals surface area (Å²) >= 11 is 0. The van der Waals surface area contributed by atoms with Crippen molar-refractivity contribution in [3.63, 3.8) is 0 Å². The standard InChI is InChI=1S/C16H17NO2/c1-2-18-16(17)14-10-6-7-11-15(14)19-12-13-8-4-3-5-9-13/h3-11,17H,2,12H2,1H3. The lowest BCUT2D eigenvalue weighted by molar-refractivity contribution is 0.297. The number of benzene rings is 2. The number of nitrogens with one attached hydrogen (secondary N) is 1. The largest absolute Gasteiger partial charge is 0.488 e. The van der Waals surface area contributed by atoms with Gasteiger partial charge in [-0.25, -0.2) is 0 Å². The maximum Gasteiger partial charge on any atom is 0.217 e. The lowest BCUT2D eigenvalue weighted by Gasteiger charge is -2.12. The maximum atomic E-state index is 7.85.